The van der Waals surface area contributed by atoms with E-state index in [4.69, 9.17) is 0 Å². The predicted molar refractivity (Wildman–Crippen MR) is 154 cm³/mol. The molecule has 0 saturated carbocycles. The average molecular weight is 574 g/mol. The van der Waals surface area contributed by atoms with Gasteiger partial charge in [-0.05, 0) is 55.3 Å². The molecule has 0 saturated heterocycles. The number of carbonyl (C=O) groups excluding carboxylic acids is 2. The Morgan fingerprint density at radius 2 is 1.82 bits per heavy atom. The monoisotopic (exact) mass is 573 g/mol. The van der Waals surface area contributed by atoms with E-state index in [9.17, 15) is 19.7 Å². The molecule has 2 aromatic heterocycles. The molecule has 0 fully saturated rings. The average Bonchev–Trinajstić information content (AvgIpc) is 3.55. The van der Waals surface area contributed by atoms with Gasteiger partial charge < -0.3 is 10.6 Å². The van der Waals surface area contributed by atoms with Crippen LogP contribution in [0, 0.1) is 24.0 Å². The SMILES string of the molecule is Cc1ccc(C)c(-n2c(CNC(=O)c3ccc([N+](=O)[O-])cc3)nnc2SCC(=O)Nc2nc3ccccc3s2)c1. The second-order valence-electron chi connectivity index (χ2n) is 8.83. The first-order chi connectivity index (χ1) is 19.3. The third-order valence-corrected chi connectivity index (χ3v) is 7.81. The maximum Gasteiger partial charge on any atom is 0.269 e. The first-order valence-electron chi connectivity index (χ1n) is 12.1. The maximum absolute atomic E-state index is 12.8. The summed E-state index contributed by atoms with van der Waals surface area (Å²) < 4.78 is 2.81. The van der Waals surface area contributed by atoms with E-state index in [0.29, 0.717) is 16.1 Å². The van der Waals surface area contributed by atoms with Crippen molar-refractivity contribution in [3.05, 3.63) is 99.4 Å². The molecule has 0 aliphatic carbocycles. The molecule has 40 heavy (non-hydrogen) atoms. The molecule has 0 spiro atoms. The Kier molecular flexibility index (Phi) is 7.84. The van der Waals surface area contributed by atoms with E-state index in [1.807, 2.05) is 60.9 Å². The van der Waals surface area contributed by atoms with Crippen LogP contribution < -0.4 is 10.6 Å². The minimum Gasteiger partial charge on any atom is -0.345 e. The number of nitro benzene ring substituents is 1. The number of carbonyl (C=O) groups is 2. The number of aryl methyl sites for hydroxylation is 2. The lowest BCUT2D eigenvalue weighted by atomic mass is 10.1. The zero-order valence-corrected chi connectivity index (χ0v) is 23.1. The van der Waals surface area contributed by atoms with Crippen LogP contribution in [0.15, 0.2) is 71.9 Å². The summed E-state index contributed by atoms with van der Waals surface area (Å²) in [5.74, 6) is -0.0888. The van der Waals surface area contributed by atoms with Crippen molar-refractivity contribution in [1.82, 2.24) is 25.1 Å². The minimum atomic E-state index is -0.521. The van der Waals surface area contributed by atoms with Crippen LogP contribution in [0.5, 0.6) is 0 Å². The summed E-state index contributed by atoms with van der Waals surface area (Å²) in [5, 5.41) is 26.2. The van der Waals surface area contributed by atoms with Crippen molar-refractivity contribution in [2.45, 2.75) is 25.5 Å². The third-order valence-electron chi connectivity index (χ3n) is 5.93. The number of thiazole rings is 1. The van der Waals surface area contributed by atoms with Gasteiger partial charge >= 0.3 is 0 Å². The molecule has 0 atom stereocenters. The number of fused-ring (bicyclic) bond motifs is 1. The zero-order valence-electron chi connectivity index (χ0n) is 21.5. The predicted octanol–water partition coefficient (Wildman–Crippen LogP) is 5.06. The maximum atomic E-state index is 12.8. The van der Waals surface area contributed by atoms with Gasteiger partial charge in [-0.1, -0.05) is 47.4 Å². The molecule has 202 valence electrons. The van der Waals surface area contributed by atoms with Crippen molar-refractivity contribution < 1.29 is 14.5 Å². The standard InChI is InChI=1S/C27H23N7O4S2/c1-16-7-8-17(2)21(13-16)33-23(14-28-25(36)18-9-11-19(12-10-18)34(37)38)31-32-27(33)39-15-24(35)30-26-29-20-5-3-4-6-22(20)40-26/h3-13H,14-15H2,1-2H3,(H,28,36)(H,29,30,35). The van der Waals surface area contributed by atoms with Gasteiger partial charge in [0.1, 0.15) is 0 Å². The molecular formula is C27H23N7O4S2. The van der Waals surface area contributed by atoms with Crippen molar-refractivity contribution >= 4 is 55.9 Å². The number of non-ortho nitro benzene ring substituents is 1. The molecule has 2 heterocycles. The lowest BCUT2D eigenvalue weighted by Gasteiger charge is -2.14. The second-order valence-corrected chi connectivity index (χ2v) is 10.8. The molecular weight excluding hydrogens is 550 g/mol. The molecule has 0 aliphatic rings. The number of nitrogens with one attached hydrogen (secondary N) is 2. The molecule has 13 heteroatoms. The number of nitrogens with zero attached hydrogens (tertiary/aromatic N) is 5. The van der Waals surface area contributed by atoms with Gasteiger partial charge in [0.15, 0.2) is 16.1 Å². The van der Waals surface area contributed by atoms with Gasteiger partial charge in [0, 0.05) is 17.7 Å². The summed E-state index contributed by atoms with van der Waals surface area (Å²) >= 11 is 2.63. The van der Waals surface area contributed by atoms with Crippen molar-refractivity contribution in [3.8, 4) is 5.69 Å². The van der Waals surface area contributed by atoms with Crippen LogP contribution in [0.2, 0.25) is 0 Å². The summed E-state index contributed by atoms with van der Waals surface area (Å²) in [7, 11) is 0. The van der Waals surface area contributed by atoms with E-state index in [1.54, 1.807) is 0 Å². The second kappa shape index (κ2) is 11.6. The minimum absolute atomic E-state index is 0.0503. The number of amides is 2. The van der Waals surface area contributed by atoms with E-state index >= 15 is 0 Å². The van der Waals surface area contributed by atoms with Crippen LogP contribution in [-0.2, 0) is 11.3 Å². The van der Waals surface area contributed by atoms with Crippen molar-refractivity contribution in [1.29, 1.82) is 0 Å². The summed E-state index contributed by atoms with van der Waals surface area (Å²) in [4.78, 5) is 40.3. The first-order valence-corrected chi connectivity index (χ1v) is 13.9. The number of rotatable bonds is 9. The number of benzene rings is 3. The molecule has 2 amide bonds. The van der Waals surface area contributed by atoms with Gasteiger partial charge in [-0.3, -0.25) is 24.3 Å². The molecule has 0 radical (unpaired) electrons. The summed E-state index contributed by atoms with van der Waals surface area (Å²) in [6.07, 6.45) is 0. The number of hydrogen-bond donors (Lipinski definition) is 2. The summed E-state index contributed by atoms with van der Waals surface area (Å²) in [6.45, 7) is 3.98. The van der Waals surface area contributed by atoms with Crippen molar-refractivity contribution in [3.63, 3.8) is 0 Å². The Labute approximate surface area is 236 Å². The Balaban J connectivity index is 1.33. The number of aromatic nitrogens is 4. The van der Waals surface area contributed by atoms with E-state index in [1.165, 1.54) is 47.4 Å². The van der Waals surface area contributed by atoms with Gasteiger partial charge in [0.05, 0.1) is 33.1 Å². The highest BCUT2D eigenvalue weighted by atomic mass is 32.2. The van der Waals surface area contributed by atoms with Crippen LogP contribution in [0.1, 0.15) is 27.3 Å². The fraction of sp³-hybridized carbons (Fsp3) is 0.148. The molecule has 3 aromatic carbocycles. The number of anilines is 1. The van der Waals surface area contributed by atoms with Crippen LogP contribution in [-0.4, -0.2) is 42.2 Å². The highest BCUT2D eigenvalue weighted by Gasteiger charge is 2.19. The van der Waals surface area contributed by atoms with Crippen LogP contribution in [0.4, 0.5) is 10.8 Å². The Hall–Kier alpha value is -4.62. The van der Waals surface area contributed by atoms with E-state index in [2.05, 4.69) is 25.8 Å². The van der Waals surface area contributed by atoms with Crippen molar-refractivity contribution in [2.75, 3.05) is 11.1 Å². The smallest absolute Gasteiger partial charge is 0.269 e. The lowest BCUT2D eigenvalue weighted by molar-refractivity contribution is -0.384. The fourth-order valence-corrected chi connectivity index (χ4v) is 5.56. The zero-order chi connectivity index (χ0) is 28.2. The number of para-hydroxylation sites is 1. The lowest BCUT2D eigenvalue weighted by Crippen LogP contribution is -2.24. The molecule has 0 aliphatic heterocycles. The Morgan fingerprint density at radius 1 is 1.05 bits per heavy atom. The topological polar surface area (TPSA) is 145 Å². The van der Waals surface area contributed by atoms with E-state index in [-0.39, 0.29) is 29.5 Å². The van der Waals surface area contributed by atoms with Crippen molar-refractivity contribution in [2.24, 2.45) is 0 Å². The molecule has 0 unspecified atom stereocenters. The molecule has 5 rings (SSSR count). The normalized spacial score (nSPS) is 10.9. The summed E-state index contributed by atoms with van der Waals surface area (Å²) in [5.41, 5.74) is 3.84. The van der Waals surface area contributed by atoms with Gasteiger partial charge in [-0.2, -0.15) is 0 Å². The molecule has 2 N–H and O–H groups in total. The van der Waals surface area contributed by atoms with Crippen LogP contribution in [0.25, 0.3) is 15.9 Å². The largest absolute Gasteiger partial charge is 0.345 e. The molecule has 11 nitrogen and oxygen atoms in total. The fourth-order valence-electron chi connectivity index (χ4n) is 3.92. The van der Waals surface area contributed by atoms with Gasteiger partial charge in [0.25, 0.3) is 11.6 Å². The number of hydrogen-bond acceptors (Lipinski definition) is 9. The first kappa shape index (κ1) is 27.0. The van der Waals surface area contributed by atoms with E-state index < -0.39 is 10.8 Å². The van der Waals surface area contributed by atoms with Gasteiger partial charge in [-0.15, -0.1) is 10.2 Å². The Morgan fingerprint density at radius 3 is 2.58 bits per heavy atom. The van der Waals surface area contributed by atoms with Crippen LogP contribution in [0.3, 0.4) is 0 Å². The van der Waals surface area contributed by atoms with Gasteiger partial charge in [0.2, 0.25) is 5.91 Å². The third kappa shape index (κ3) is 6.00. The Bertz CT molecular complexity index is 1700. The van der Waals surface area contributed by atoms with E-state index in [0.717, 1.165) is 27.0 Å². The quantitative estimate of drug-likeness (QED) is 0.141. The highest BCUT2D eigenvalue weighted by Crippen LogP contribution is 2.28. The van der Waals surface area contributed by atoms with Crippen LogP contribution >= 0.6 is 23.1 Å². The number of nitro groups is 1. The molecule has 0 bridgehead atoms. The van der Waals surface area contributed by atoms with Gasteiger partial charge in [-0.25, -0.2) is 4.98 Å². The number of thioether (sulfide) groups is 1. The highest BCUT2D eigenvalue weighted by molar-refractivity contribution is 7.99. The summed E-state index contributed by atoms with van der Waals surface area (Å²) in [6, 6.07) is 19.0. The molecule has 5 aromatic rings.